The molecule has 2 atom stereocenters. The van der Waals surface area contributed by atoms with Crippen LogP contribution in [0.4, 0.5) is 4.79 Å². The van der Waals surface area contributed by atoms with E-state index >= 15 is 0 Å². The van der Waals surface area contributed by atoms with Gasteiger partial charge in [-0.3, -0.25) is 0 Å². The van der Waals surface area contributed by atoms with Crippen molar-refractivity contribution in [3.05, 3.63) is 28.3 Å². The Bertz CT molecular complexity index is 651. The van der Waals surface area contributed by atoms with Crippen molar-refractivity contribution in [3.8, 4) is 0 Å². The van der Waals surface area contributed by atoms with Crippen molar-refractivity contribution in [2.24, 2.45) is 0 Å². The number of nitrogens with one attached hydrogen (secondary N) is 2. The number of amides is 2. The summed E-state index contributed by atoms with van der Waals surface area (Å²) in [6, 6.07) is -0.561. The molecule has 7 nitrogen and oxygen atoms in total. The maximum atomic E-state index is 12.0. The molecule has 1 aliphatic rings. The predicted octanol–water partition coefficient (Wildman–Crippen LogP) is 3.35. The van der Waals surface area contributed by atoms with Gasteiger partial charge in [0.25, 0.3) is 0 Å². The van der Waals surface area contributed by atoms with E-state index in [1.54, 1.807) is 17.5 Å². The molecule has 2 aromatic heterocycles. The predicted molar refractivity (Wildman–Crippen MR) is 91.0 cm³/mol. The summed E-state index contributed by atoms with van der Waals surface area (Å²) >= 11 is 1.59. The summed E-state index contributed by atoms with van der Waals surface area (Å²) in [5, 5.41) is 12.7. The zero-order chi connectivity index (χ0) is 16.9. The van der Waals surface area contributed by atoms with Crippen LogP contribution in [0.2, 0.25) is 0 Å². The molecule has 2 heterocycles. The van der Waals surface area contributed by atoms with Crippen molar-refractivity contribution in [1.82, 2.24) is 25.8 Å². The van der Waals surface area contributed by atoms with Gasteiger partial charge < -0.3 is 15.2 Å². The van der Waals surface area contributed by atoms with Crippen LogP contribution in [-0.4, -0.2) is 27.7 Å². The van der Waals surface area contributed by atoms with Gasteiger partial charge in [-0.1, -0.05) is 24.9 Å². The highest BCUT2D eigenvalue weighted by atomic mass is 32.1. The van der Waals surface area contributed by atoms with Crippen molar-refractivity contribution < 1.29 is 9.32 Å². The number of nitrogens with zero attached hydrogens (tertiary/aromatic N) is 3. The van der Waals surface area contributed by atoms with E-state index in [1.165, 1.54) is 12.8 Å². The Kier molecular flexibility index (Phi) is 5.44. The number of aromatic nitrogens is 3. The molecular weight excluding hydrogens is 326 g/mol. The van der Waals surface area contributed by atoms with Gasteiger partial charge >= 0.3 is 6.03 Å². The molecule has 2 aromatic rings. The van der Waals surface area contributed by atoms with Crippen LogP contribution in [0.25, 0.3) is 0 Å². The van der Waals surface area contributed by atoms with Gasteiger partial charge in [-0.25, -0.2) is 9.78 Å². The lowest BCUT2D eigenvalue weighted by molar-refractivity contribution is 0.233. The molecule has 3 rings (SSSR count). The van der Waals surface area contributed by atoms with Crippen molar-refractivity contribution in [2.45, 2.75) is 57.4 Å². The second-order valence-electron chi connectivity index (χ2n) is 6.32. The molecule has 8 heteroatoms. The number of hydrogen-bond acceptors (Lipinski definition) is 6. The Balaban J connectivity index is 1.47. The van der Waals surface area contributed by atoms with E-state index in [4.69, 9.17) is 4.52 Å². The maximum absolute atomic E-state index is 12.0. The van der Waals surface area contributed by atoms with Gasteiger partial charge in [0.2, 0.25) is 5.89 Å². The van der Waals surface area contributed by atoms with E-state index in [9.17, 15) is 4.79 Å². The molecule has 1 fully saturated rings. The number of rotatable bonds is 6. The van der Waals surface area contributed by atoms with Crippen LogP contribution < -0.4 is 10.6 Å². The molecule has 0 aliphatic heterocycles. The highest BCUT2D eigenvalue weighted by Gasteiger charge is 2.24. The molecular formula is C16H23N5O2S. The minimum Gasteiger partial charge on any atom is -0.337 e. The van der Waals surface area contributed by atoms with E-state index < -0.39 is 0 Å². The lowest BCUT2D eigenvalue weighted by atomic mass is 10.1. The minimum atomic E-state index is -0.317. The summed E-state index contributed by atoms with van der Waals surface area (Å²) in [5.41, 5.74) is 0. The largest absolute Gasteiger partial charge is 0.337 e. The number of carbonyl (C=O) groups excluding carboxylic acids is 1. The quantitative estimate of drug-likeness (QED) is 0.834. The molecule has 0 saturated heterocycles. The van der Waals surface area contributed by atoms with E-state index in [-0.39, 0.29) is 18.0 Å². The Labute approximate surface area is 145 Å². The van der Waals surface area contributed by atoms with Crippen LogP contribution >= 0.6 is 11.3 Å². The average Bonchev–Trinajstić information content (AvgIpc) is 3.34. The number of carbonyl (C=O) groups is 1. The first-order valence-electron chi connectivity index (χ1n) is 8.40. The first kappa shape index (κ1) is 16.9. The fourth-order valence-electron chi connectivity index (χ4n) is 2.89. The number of urea groups is 1. The summed E-state index contributed by atoms with van der Waals surface area (Å²) < 4.78 is 5.31. The zero-order valence-corrected chi connectivity index (χ0v) is 14.8. The molecule has 0 bridgehead atoms. The van der Waals surface area contributed by atoms with Gasteiger partial charge in [-0.2, -0.15) is 4.98 Å². The molecule has 2 unspecified atom stereocenters. The Morgan fingerprint density at radius 1 is 1.42 bits per heavy atom. The maximum Gasteiger partial charge on any atom is 0.315 e. The Morgan fingerprint density at radius 2 is 2.21 bits per heavy atom. The lowest BCUT2D eigenvalue weighted by Gasteiger charge is -2.13. The minimum absolute atomic E-state index is 0.184. The monoisotopic (exact) mass is 349 g/mol. The van der Waals surface area contributed by atoms with Crippen LogP contribution in [0.3, 0.4) is 0 Å². The summed E-state index contributed by atoms with van der Waals surface area (Å²) in [4.78, 5) is 20.7. The third-order valence-electron chi connectivity index (χ3n) is 4.34. The standard InChI is InChI=1S/C16H23N5O2S/c1-10(15-17-7-8-24-15)9-18-16(22)19-11(2)14-20-13(21-23-14)12-5-3-4-6-12/h7-8,10-12H,3-6,9H2,1-2H3,(H2,18,19,22). The highest BCUT2D eigenvalue weighted by molar-refractivity contribution is 7.09. The molecule has 0 radical (unpaired) electrons. The second kappa shape index (κ2) is 7.74. The smallest absolute Gasteiger partial charge is 0.315 e. The van der Waals surface area contributed by atoms with E-state index in [0.29, 0.717) is 18.4 Å². The fourth-order valence-corrected chi connectivity index (χ4v) is 3.59. The third-order valence-corrected chi connectivity index (χ3v) is 5.34. The van der Waals surface area contributed by atoms with Crippen molar-refractivity contribution in [2.75, 3.05) is 6.54 Å². The van der Waals surface area contributed by atoms with Crippen LogP contribution in [0.15, 0.2) is 16.1 Å². The molecule has 0 spiro atoms. The molecule has 2 amide bonds. The highest BCUT2D eigenvalue weighted by Crippen LogP contribution is 2.32. The Morgan fingerprint density at radius 3 is 2.92 bits per heavy atom. The van der Waals surface area contributed by atoms with Gasteiger partial charge in [-0.15, -0.1) is 11.3 Å². The molecule has 2 N–H and O–H groups in total. The van der Waals surface area contributed by atoms with Gasteiger partial charge in [-0.05, 0) is 19.8 Å². The topological polar surface area (TPSA) is 92.9 Å². The number of thiazole rings is 1. The van der Waals surface area contributed by atoms with Crippen molar-refractivity contribution in [3.63, 3.8) is 0 Å². The first-order chi connectivity index (χ1) is 11.6. The molecule has 24 heavy (non-hydrogen) atoms. The lowest BCUT2D eigenvalue weighted by Crippen LogP contribution is -2.38. The molecule has 0 aromatic carbocycles. The van der Waals surface area contributed by atoms with E-state index in [2.05, 4.69) is 25.8 Å². The van der Waals surface area contributed by atoms with Crippen LogP contribution in [0.5, 0.6) is 0 Å². The third kappa shape index (κ3) is 4.11. The van der Waals surface area contributed by atoms with Crippen LogP contribution in [-0.2, 0) is 0 Å². The zero-order valence-electron chi connectivity index (χ0n) is 14.0. The second-order valence-corrected chi connectivity index (χ2v) is 7.25. The van der Waals surface area contributed by atoms with Gasteiger partial charge in [0.15, 0.2) is 5.82 Å². The molecule has 130 valence electrons. The average molecular weight is 349 g/mol. The molecule has 1 saturated carbocycles. The summed E-state index contributed by atoms with van der Waals surface area (Å²) in [7, 11) is 0. The summed E-state index contributed by atoms with van der Waals surface area (Å²) in [6.07, 6.45) is 6.46. The Hall–Kier alpha value is -1.96. The normalized spacial score (nSPS) is 17.6. The summed E-state index contributed by atoms with van der Waals surface area (Å²) in [6.45, 7) is 4.41. The summed E-state index contributed by atoms with van der Waals surface area (Å²) in [5.74, 6) is 1.82. The first-order valence-corrected chi connectivity index (χ1v) is 9.28. The van der Waals surface area contributed by atoms with Gasteiger partial charge in [0.1, 0.15) is 6.04 Å². The van der Waals surface area contributed by atoms with Crippen molar-refractivity contribution >= 4 is 17.4 Å². The fraction of sp³-hybridized carbons (Fsp3) is 0.625. The van der Waals surface area contributed by atoms with Crippen LogP contribution in [0.1, 0.15) is 74.1 Å². The van der Waals surface area contributed by atoms with Crippen LogP contribution in [0, 0.1) is 0 Å². The SMILES string of the molecule is CC(CNC(=O)NC(C)c1nc(C2CCCC2)no1)c1nccs1. The molecule has 1 aliphatic carbocycles. The van der Waals surface area contributed by atoms with E-state index in [0.717, 1.165) is 23.7 Å². The number of hydrogen-bond donors (Lipinski definition) is 2. The van der Waals surface area contributed by atoms with Crippen molar-refractivity contribution in [1.29, 1.82) is 0 Å². The van der Waals surface area contributed by atoms with E-state index in [1.807, 2.05) is 19.2 Å². The van der Waals surface area contributed by atoms with Gasteiger partial charge in [0, 0.05) is 30.0 Å². The van der Waals surface area contributed by atoms with Gasteiger partial charge in [0.05, 0.1) is 5.01 Å².